The Morgan fingerprint density at radius 1 is 0.781 bits per heavy atom. The van der Waals surface area contributed by atoms with Gasteiger partial charge in [0.15, 0.2) is 0 Å². The number of fused-ring (bicyclic) bond motifs is 1. The van der Waals surface area contributed by atoms with Crippen molar-refractivity contribution in [1.29, 1.82) is 0 Å². The van der Waals surface area contributed by atoms with Crippen molar-refractivity contribution in [2.45, 2.75) is 0 Å². The Bertz CT molecular complexity index is 1270. The van der Waals surface area contributed by atoms with E-state index in [2.05, 4.69) is 17.0 Å². The van der Waals surface area contributed by atoms with Gasteiger partial charge in [-0.25, -0.2) is 0 Å². The summed E-state index contributed by atoms with van der Waals surface area (Å²) in [5.74, 6) is -0.953. The summed E-state index contributed by atoms with van der Waals surface area (Å²) >= 11 is 6.05. The molecular weight excluding hydrogens is 422 g/mol. The van der Waals surface area contributed by atoms with Gasteiger partial charge in [0.05, 0.1) is 0 Å². The molecule has 160 valence electrons. The van der Waals surface area contributed by atoms with Gasteiger partial charge in [0, 0.05) is 54.2 Å². The van der Waals surface area contributed by atoms with Crippen LogP contribution in [0.2, 0.25) is 5.02 Å². The van der Waals surface area contributed by atoms with Gasteiger partial charge in [-0.05, 0) is 48.0 Å². The number of hydrogen-bond donors (Lipinski definition) is 0. The van der Waals surface area contributed by atoms with Crippen LogP contribution in [0.5, 0.6) is 0 Å². The number of nitrogens with zero attached hydrogens (tertiary/aromatic N) is 3. The van der Waals surface area contributed by atoms with Crippen molar-refractivity contribution < 1.29 is 9.59 Å². The summed E-state index contributed by atoms with van der Waals surface area (Å²) in [6.07, 6.45) is 1.82. The van der Waals surface area contributed by atoms with E-state index in [4.69, 9.17) is 11.6 Å². The van der Waals surface area contributed by atoms with E-state index >= 15 is 0 Å². The highest BCUT2D eigenvalue weighted by atomic mass is 35.5. The highest BCUT2D eigenvalue weighted by Crippen LogP contribution is 2.30. The molecule has 1 aliphatic rings. The molecular formula is C26H22ClN3O2. The first-order valence-corrected chi connectivity index (χ1v) is 11.0. The van der Waals surface area contributed by atoms with Gasteiger partial charge in [-0.1, -0.05) is 48.0 Å². The van der Waals surface area contributed by atoms with E-state index in [0.717, 1.165) is 22.3 Å². The molecule has 1 amide bonds. The number of rotatable bonds is 4. The predicted molar refractivity (Wildman–Crippen MR) is 127 cm³/mol. The molecule has 2 aromatic heterocycles. The lowest BCUT2D eigenvalue weighted by atomic mass is 10.0. The number of Topliss-reactive ketones (excluding diaryl/α,β-unsaturated/α-hetero) is 1. The maximum atomic E-state index is 13.5. The van der Waals surface area contributed by atoms with Crippen LogP contribution in [0.4, 0.5) is 5.69 Å². The number of para-hydroxylation sites is 1. The molecule has 6 heteroatoms. The van der Waals surface area contributed by atoms with E-state index in [9.17, 15) is 9.59 Å². The maximum Gasteiger partial charge on any atom is 0.296 e. The summed E-state index contributed by atoms with van der Waals surface area (Å²) < 4.78 is 1.80. The van der Waals surface area contributed by atoms with Gasteiger partial charge in [-0.3, -0.25) is 9.59 Å². The Hall–Kier alpha value is -3.57. The Balaban J connectivity index is 1.43. The first-order valence-electron chi connectivity index (χ1n) is 10.6. The van der Waals surface area contributed by atoms with Crippen LogP contribution >= 0.6 is 11.6 Å². The molecule has 0 saturated carbocycles. The average Bonchev–Trinajstić information content (AvgIpc) is 3.24. The molecule has 0 unspecified atom stereocenters. The van der Waals surface area contributed by atoms with Gasteiger partial charge < -0.3 is 14.2 Å². The number of amides is 1. The van der Waals surface area contributed by atoms with Crippen LogP contribution in [0.1, 0.15) is 10.5 Å². The number of piperazine rings is 1. The fourth-order valence-corrected chi connectivity index (χ4v) is 4.38. The number of ketones is 1. The third-order valence-corrected chi connectivity index (χ3v) is 6.18. The summed E-state index contributed by atoms with van der Waals surface area (Å²) in [6, 6.07) is 25.1. The molecule has 0 N–H and O–H groups in total. The highest BCUT2D eigenvalue weighted by Gasteiger charge is 2.30. The van der Waals surface area contributed by atoms with Gasteiger partial charge in [0.25, 0.3) is 11.7 Å². The first kappa shape index (κ1) is 20.3. The fourth-order valence-electron chi connectivity index (χ4n) is 4.26. The average molecular weight is 444 g/mol. The number of carbonyl (C=O) groups excluding carboxylic acids is 2. The van der Waals surface area contributed by atoms with E-state index in [1.807, 2.05) is 60.8 Å². The third-order valence-electron chi connectivity index (χ3n) is 5.93. The smallest absolute Gasteiger partial charge is 0.296 e. The second-order valence-corrected chi connectivity index (χ2v) is 8.29. The number of halogens is 1. The standard InChI is InChI=1S/C26H22ClN3O2/c27-20-11-9-19(10-12-20)23-18-22-8-4-5-13-30(22)24(23)25(31)26(32)29-16-14-28(15-17-29)21-6-2-1-3-7-21/h1-13,18H,14-17H2. The summed E-state index contributed by atoms with van der Waals surface area (Å²) in [6.45, 7) is 2.42. The van der Waals surface area contributed by atoms with Crippen LogP contribution in [0.15, 0.2) is 85.1 Å². The van der Waals surface area contributed by atoms with Crippen molar-refractivity contribution in [2.24, 2.45) is 0 Å². The summed E-state index contributed by atoms with van der Waals surface area (Å²) in [5.41, 5.74) is 3.96. The van der Waals surface area contributed by atoms with Crippen molar-refractivity contribution >= 4 is 34.5 Å². The van der Waals surface area contributed by atoms with Crippen molar-refractivity contribution in [3.63, 3.8) is 0 Å². The van der Waals surface area contributed by atoms with Crippen LogP contribution in [0.25, 0.3) is 16.6 Å². The Morgan fingerprint density at radius 2 is 1.47 bits per heavy atom. The minimum absolute atomic E-state index is 0.387. The molecule has 1 fully saturated rings. The Labute approximate surface area is 191 Å². The lowest BCUT2D eigenvalue weighted by molar-refractivity contribution is -0.126. The number of anilines is 1. The second-order valence-electron chi connectivity index (χ2n) is 7.85. The predicted octanol–water partition coefficient (Wildman–Crippen LogP) is 4.79. The first-order chi connectivity index (χ1) is 15.6. The zero-order valence-electron chi connectivity index (χ0n) is 17.4. The van der Waals surface area contributed by atoms with E-state index < -0.39 is 11.7 Å². The minimum atomic E-state index is -0.491. The normalized spacial score (nSPS) is 14.0. The van der Waals surface area contributed by atoms with Crippen molar-refractivity contribution in [1.82, 2.24) is 9.30 Å². The zero-order chi connectivity index (χ0) is 22.1. The molecule has 0 atom stereocenters. The molecule has 3 heterocycles. The van der Waals surface area contributed by atoms with Crippen molar-refractivity contribution in [3.8, 4) is 11.1 Å². The molecule has 1 saturated heterocycles. The zero-order valence-corrected chi connectivity index (χ0v) is 18.2. The number of benzene rings is 2. The van der Waals surface area contributed by atoms with Crippen molar-refractivity contribution in [3.05, 3.63) is 95.8 Å². The van der Waals surface area contributed by atoms with Gasteiger partial charge in [-0.15, -0.1) is 0 Å². The summed E-state index contributed by atoms with van der Waals surface area (Å²) in [4.78, 5) is 30.6. The number of carbonyl (C=O) groups is 2. The highest BCUT2D eigenvalue weighted by molar-refractivity contribution is 6.43. The van der Waals surface area contributed by atoms with E-state index in [1.54, 1.807) is 21.4 Å². The molecule has 4 aromatic rings. The molecule has 32 heavy (non-hydrogen) atoms. The van der Waals surface area contributed by atoms with Gasteiger partial charge >= 0.3 is 0 Å². The third kappa shape index (κ3) is 3.76. The van der Waals surface area contributed by atoms with E-state index in [-0.39, 0.29) is 0 Å². The number of aromatic nitrogens is 1. The minimum Gasteiger partial charge on any atom is -0.368 e. The van der Waals surface area contributed by atoms with E-state index in [1.165, 1.54) is 0 Å². The maximum absolute atomic E-state index is 13.5. The van der Waals surface area contributed by atoms with E-state index in [0.29, 0.717) is 36.9 Å². The molecule has 5 rings (SSSR count). The van der Waals surface area contributed by atoms with Crippen LogP contribution in [-0.4, -0.2) is 47.2 Å². The largest absolute Gasteiger partial charge is 0.368 e. The Morgan fingerprint density at radius 3 is 2.19 bits per heavy atom. The van der Waals surface area contributed by atoms with Gasteiger partial charge in [0.2, 0.25) is 0 Å². The van der Waals surface area contributed by atoms with Crippen LogP contribution in [0, 0.1) is 0 Å². The monoisotopic (exact) mass is 443 g/mol. The molecule has 0 bridgehead atoms. The number of pyridine rings is 1. The second kappa shape index (κ2) is 8.52. The van der Waals surface area contributed by atoms with Gasteiger partial charge in [-0.2, -0.15) is 0 Å². The van der Waals surface area contributed by atoms with Gasteiger partial charge in [0.1, 0.15) is 5.69 Å². The molecule has 0 aliphatic carbocycles. The lowest BCUT2D eigenvalue weighted by Crippen LogP contribution is -2.50. The quantitative estimate of drug-likeness (QED) is 0.336. The summed E-state index contributed by atoms with van der Waals surface area (Å²) in [7, 11) is 0. The molecule has 2 aromatic carbocycles. The van der Waals surface area contributed by atoms with Crippen LogP contribution < -0.4 is 4.90 Å². The number of hydrogen-bond acceptors (Lipinski definition) is 3. The SMILES string of the molecule is O=C(C(=O)N1CCN(c2ccccc2)CC1)c1c(-c2ccc(Cl)cc2)cc2ccccn12. The topological polar surface area (TPSA) is 45.0 Å². The molecule has 0 radical (unpaired) electrons. The molecule has 0 spiro atoms. The lowest BCUT2D eigenvalue weighted by Gasteiger charge is -2.35. The van der Waals surface area contributed by atoms with Crippen molar-refractivity contribution in [2.75, 3.05) is 31.1 Å². The summed E-state index contributed by atoms with van der Waals surface area (Å²) in [5, 5.41) is 0.623. The Kier molecular flexibility index (Phi) is 5.41. The van der Waals surface area contributed by atoms with Crippen LogP contribution in [-0.2, 0) is 4.79 Å². The molecule has 5 nitrogen and oxygen atoms in total. The van der Waals surface area contributed by atoms with Crippen LogP contribution in [0.3, 0.4) is 0 Å². The molecule has 1 aliphatic heterocycles. The fraction of sp³-hybridized carbons (Fsp3) is 0.154.